The maximum absolute atomic E-state index is 5.14. The average molecular weight is 480 g/mol. The lowest BCUT2D eigenvalue weighted by Crippen LogP contribution is -2.64. The van der Waals surface area contributed by atoms with Crippen LogP contribution in [-0.2, 0) is 0 Å². The summed E-state index contributed by atoms with van der Waals surface area (Å²) in [5.74, 6) is 0.942. The molecule has 0 fully saturated rings. The van der Waals surface area contributed by atoms with Gasteiger partial charge in [0.15, 0.2) is 0 Å². The lowest BCUT2D eigenvalue weighted by Gasteiger charge is -2.29. The Balaban J connectivity index is 1.55. The summed E-state index contributed by atoms with van der Waals surface area (Å²) in [6.07, 6.45) is 0. The van der Waals surface area contributed by atoms with Crippen molar-refractivity contribution in [2.24, 2.45) is 0 Å². The van der Waals surface area contributed by atoms with Crippen LogP contribution in [0.3, 0.4) is 0 Å². The molecular formula is C32H25N3Si. The second-order valence-corrected chi connectivity index (χ2v) is 13.4. The molecule has 0 aliphatic carbocycles. The van der Waals surface area contributed by atoms with Crippen LogP contribution >= 0.6 is 0 Å². The summed E-state index contributed by atoms with van der Waals surface area (Å²) in [7, 11) is -2.23. The van der Waals surface area contributed by atoms with Gasteiger partial charge in [0.05, 0.1) is 22.1 Å². The molecule has 0 amide bonds. The first-order valence-corrected chi connectivity index (χ1v) is 14.8. The molecule has 0 aliphatic heterocycles. The number of para-hydroxylation sites is 3. The lowest BCUT2D eigenvalue weighted by molar-refractivity contribution is 1.11. The summed E-state index contributed by atoms with van der Waals surface area (Å²) >= 11 is 0. The normalized spacial score (nSPS) is 12.0. The number of hydrogen-bond acceptors (Lipinski definition) is 1. The van der Waals surface area contributed by atoms with Gasteiger partial charge in [-0.25, -0.2) is 4.98 Å². The van der Waals surface area contributed by atoms with E-state index in [4.69, 9.17) is 4.98 Å². The first-order valence-electron chi connectivity index (χ1n) is 12.3. The topological polar surface area (TPSA) is 22.2 Å². The summed E-state index contributed by atoms with van der Waals surface area (Å²) in [5.41, 5.74) is 5.61. The molecule has 7 aromatic rings. The fourth-order valence-corrected chi connectivity index (χ4v) is 9.15. The Morgan fingerprint density at radius 1 is 0.528 bits per heavy atom. The Labute approximate surface area is 210 Å². The monoisotopic (exact) mass is 479 g/mol. The number of nitrogens with zero attached hydrogens (tertiary/aromatic N) is 3. The van der Waals surface area contributed by atoms with E-state index in [0.29, 0.717) is 0 Å². The van der Waals surface area contributed by atoms with Gasteiger partial charge in [0, 0.05) is 5.69 Å². The standard InChI is InChI=1S/C32H25N3Si/c1-36(25-15-7-3-8-16-25,26-17-9-4-10-18-26)27-21-22-28-31(23-27)35-30-20-12-11-19-29(30)34(32(35)33-28)24-13-5-2-6-14-24/h2-23H,1H3. The average Bonchev–Trinajstić information content (AvgIpc) is 3.48. The Kier molecular flexibility index (Phi) is 4.69. The van der Waals surface area contributed by atoms with Crippen molar-refractivity contribution in [3.05, 3.63) is 133 Å². The number of rotatable bonds is 4. The van der Waals surface area contributed by atoms with Gasteiger partial charge in [0.1, 0.15) is 8.07 Å². The molecule has 172 valence electrons. The molecule has 0 unspecified atom stereocenters. The smallest absolute Gasteiger partial charge is 0.220 e. The Bertz CT molecular complexity index is 1800. The highest BCUT2D eigenvalue weighted by atomic mass is 28.3. The van der Waals surface area contributed by atoms with Crippen molar-refractivity contribution in [3.63, 3.8) is 0 Å². The molecule has 4 heteroatoms. The van der Waals surface area contributed by atoms with Crippen LogP contribution in [0.1, 0.15) is 0 Å². The highest BCUT2D eigenvalue weighted by Gasteiger charge is 2.34. The quantitative estimate of drug-likeness (QED) is 0.240. The van der Waals surface area contributed by atoms with Crippen molar-refractivity contribution in [2.75, 3.05) is 0 Å². The van der Waals surface area contributed by atoms with Crippen LogP contribution in [0, 0.1) is 0 Å². The minimum absolute atomic E-state index is 0.942. The molecule has 7 rings (SSSR count). The fourth-order valence-electron chi connectivity index (χ4n) is 5.59. The number of imidazole rings is 2. The van der Waals surface area contributed by atoms with E-state index in [1.54, 1.807) is 0 Å². The van der Waals surface area contributed by atoms with Gasteiger partial charge in [-0.05, 0) is 52.0 Å². The fraction of sp³-hybridized carbons (Fsp3) is 0.0312. The zero-order valence-corrected chi connectivity index (χ0v) is 21.0. The third kappa shape index (κ3) is 3.01. The van der Waals surface area contributed by atoms with Crippen molar-refractivity contribution < 1.29 is 0 Å². The van der Waals surface area contributed by atoms with Crippen LogP contribution in [0.25, 0.3) is 33.5 Å². The second kappa shape index (κ2) is 8.07. The second-order valence-electron chi connectivity index (χ2n) is 9.47. The molecule has 3 nitrogen and oxygen atoms in total. The van der Waals surface area contributed by atoms with Gasteiger partial charge in [-0.2, -0.15) is 0 Å². The minimum atomic E-state index is -2.23. The van der Waals surface area contributed by atoms with E-state index in [0.717, 1.165) is 28.0 Å². The number of benzene rings is 5. The van der Waals surface area contributed by atoms with E-state index < -0.39 is 8.07 Å². The van der Waals surface area contributed by atoms with Gasteiger partial charge in [-0.3, -0.25) is 8.97 Å². The Hall–Kier alpha value is -4.41. The number of hydrogen-bond donors (Lipinski definition) is 0. The molecule has 0 saturated heterocycles. The zero-order valence-electron chi connectivity index (χ0n) is 20.0. The Morgan fingerprint density at radius 3 is 1.72 bits per heavy atom. The van der Waals surface area contributed by atoms with Gasteiger partial charge >= 0.3 is 0 Å². The van der Waals surface area contributed by atoms with Crippen LogP contribution in [0.4, 0.5) is 0 Å². The summed E-state index contributed by atoms with van der Waals surface area (Å²) in [6.45, 7) is 2.46. The van der Waals surface area contributed by atoms with Gasteiger partial charge < -0.3 is 0 Å². The zero-order chi connectivity index (χ0) is 24.1. The van der Waals surface area contributed by atoms with E-state index >= 15 is 0 Å². The van der Waals surface area contributed by atoms with Crippen molar-refractivity contribution in [1.82, 2.24) is 14.0 Å². The van der Waals surface area contributed by atoms with E-state index in [1.165, 1.54) is 21.1 Å². The van der Waals surface area contributed by atoms with Gasteiger partial charge in [-0.1, -0.05) is 104 Å². The van der Waals surface area contributed by atoms with Crippen LogP contribution in [0.5, 0.6) is 0 Å². The molecule has 2 heterocycles. The summed E-state index contributed by atoms with van der Waals surface area (Å²) in [5, 5.41) is 4.19. The molecule has 0 radical (unpaired) electrons. The summed E-state index contributed by atoms with van der Waals surface area (Å²) in [4.78, 5) is 5.14. The van der Waals surface area contributed by atoms with Crippen LogP contribution in [-0.4, -0.2) is 22.0 Å². The highest BCUT2D eigenvalue weighted by molar-refractivity contribution is 7.10. The summed E-state index contributed by atoms with van der Waals surface area (Å²) < 4.78 is 4.59. The van der Waals surface area contributed by atoms with Crippen molar-refractivity contribution >= 4 is 51.5 Å². The summed E-state index contributed by atoms with van der Waals surface area (Å²) in [6, 6.07) is 48.0. The first kappa shape index (κ1) is 20.9. The van der Waals surface area contributed by atoms with Gasteiger partial charge in [0.25, 0.3) is 0 Å². The predicted octanol–water partition coefficient (Wildman–Crippen LogP) is 5.53. The molecule has 0 N–H and O–H groups in total. The van der Waals surface area contributed by atoms with Crippen LogP contribution in [0.15, 0.2) is 133 Å². The molecule has 36 heavy (non-hydrogen) atoms. The molecule has 0 saturated carbocycles. The van der Waals surface area contributed by atoms with E-state index in [-0.39, 0.29) is 0 Å². The maximum atomic E-state index is 5.14. The molecule has 2 aromatic heterocycles. The maximum Gasteiger partial charge on any atom is 0.220 e. The Morgan fingerprint density at radius 2 is 1.08 bits per heavy atom. The first-order chi connectivity index (χ1) is 17.7. The predicted molar refractivity (Wildman–Crippen MR) is 153 cm³/mol. The van der Waals surface area contributed by atoms with Crippen molar-refractivity contribution in [1.29, 1.82) is 0 Å². The van der Waals surface area contributed by atoms with Crippen molar-refractivity contribution in [3.8, 4) is 5.69 Å². The number of fused-ring (bicyclic) bond motifs is 5. The van der Waals surface area contributed by atoms with Gasteiger partial charge in [-0.15, -0.1) is 0 Å². The highest BCUT2D eigenvalue weighted by Crippen LogP contribution is 2.29. The van der Waals surface area contributed by atoms with Gasteiger partial charge in [0.2, 0.25) is 5.78 Å². The van der Waals surface area contributed by atoms with E-state index in [2.05, 4.69) is 149 Å². The minimum Gasteiger partial charge on any atom is -0.278 e. The SMILES string of the molecule is C[Si](c1ccccc1)(c1ccccc1)c1ccc2nc3n(-c4ccccc4)c4ccccc4n3c2c1. The molecule has 0 atom stereocenters. The molecule has 0 spiro atoms. The molecular weight excluding hydrogens is 454 g/mol. The number of aromatic nitrogens is 3. The van der Waals surface area contributed by atoms with Crippen LogP contribution < -0.4 is 15.6 Å². The molecule has 0 aliphatic rings. The van der Waals surface area contributed by atoms with Crippen LogP contribution in [0.2, 0.25) is 6.55 Å². The molecule has 0 bridgehead atoms. The van der Waals surface area contributed by atoms with E-state index in [1.807, 2.05) is 0 Å². The lowest BCUT2D eigenvalue weighted by atomic mass is 10.2. The van der Waals surface area contributed by atoms with E-state index in [9.17, 15) is 0 Å². The van der Waals surface area contributed by atoms with Crippen molar-refractivity contribution in [2.45, 2.75) is 6.55 Å². The largest absolute Gasteiger partial charge is 0.278 e. The molecule has 5 aromatic carbocycles. The third-order valence-corrected chi connectivity index (χ3v) is 11.9. The third-order valence-electron chi connectivity index (χ3n) is 7.49.